The van der Waals surface area contributed by atoms with Crippen molar-refractivity contribution in [2.24, 2.45) is 0 Å². The van der Waals surface area contributed by atoms with Crippen LogP contribution in [0.2, 0.25) is 5.02 Å². The molecular weight excluding hydrogens is 274 g/mol. The van der Waals surface area contributed by atoms with Gasteiger partial charge in [-0.3, -0.25) is 10.1 Å². The SMILES string of the molecule is CC(NCc1ccc(Cl)c2cccnc12)c1ncn[nH]1. The van der Waals surface area contributed by atoms with Crippen LogP contribution in [0.1, 0.15) is 24.4 Å². The molecule has 1 atom stereocenters. The first-order valence-corrected chi connectivity index (χ1v) is 6.74. The summed E-state index contributed by atoms with van der Waals surface area (Å²) in [7, 11) is 0. The molecule has 3 rings (SSSR count). The summed E-state index contributed by atoms with van der Waals surface area (Å²) in [5.41, 5.74) is 2.04. The van der Waals surface area contributed by atoms with E-state index in [1.165, 1.54) is 6.33 Å². The second kappa shape index (κ2) is 5.56. The van der Waals surface area contributed by atoms with Crippen molar-refractivity contribution in [3.05, 3.63) is 53.2 Å². The summed E-state index contributed by atoms with van der Waals surface area (Å²) >= 11 is 6.19. The lowest BCUT2D eigenvalue weighted by molar-refractivity contribution is 0.549. The van der Waals surface area contributed by atoms with Gasteiger partial charge in [0, 0.05) is 23.2 Å². The summed E-state index contributed by atoms with van der Waals surface area (Å²) in [6.45, 7) is 2.72. The Labute approximate surface area is 121 Å². The van der Waals surface area contributed by atoms with Crippen molar-refractivity contribution in [1.29, 1.82) is 0 Å². The average molecular weight is 288 g/mol. The fraction of sp³-hybridized carbons (Fsp3) is 0.214. The van der Waals surface area contributed by atoms with E-state index in [2.05, 4.69) is 25.5 Å². The van der Waals surface area contributed by atoms with Gasteiger partial charge in [0.05, 0.1) is 11.6 Å². The second-order valence-electron chi connectivity index (χ2n) is 4.58. The van der Waals surface area contributed by atoms with Crippen LogP contribution in [-0.2, 0) is 6.54 Å². The Morgan fingerprint density at radius 1 is 1.30 bits per heavy atom. The van der Waals surface area contributed by atoms with E-state index in [0.717, 1.165) is 27.3 Å². The predicted molar refractivity (Wildman–Crippen MR) is 78.4 cm³/mol. The third kappa shape index (κ3) is 2.50. The van der Waals surface area contributed by atoms with E-state index < -0.39 is 0 Å². The number of hydrogen-bond donors (Lipinski definition) is 2. The van der Waals surface area contributed by atoms with Crippen LogP contribution in [0.25, 0.3) is 10.9 Å². The van der Waals surface area contributed by atoms with Crippen molar-refractivity contribution in [2.45, 2.75) is 19.5 Å². The Bertz CT molecular complexity index is 711. The largest absolute Gasteiger partial charge is 0.303 e. The fourth-order valence-corrected chi connectivity index (χ4v) is 2.34. The van der Waals surface area contributed by atoms with Gasteiger partial charge < -0.3 is 5.32 Å². The number of pyridine rings is 1. The molecular formula is C14H14ClN5. The number of aromatic nitrogens is 4. The highest BCUT2D eigenvalue weighted by molar-refractivity contribution is 6.35. The van der Waals surface area contributed by atoms with E-state index in [0.29, 0.717) is 6.54 Å². The van der Waals surface area contributed by atoms with Crippen LogP contribution in [0.4, 0.5) is 0 Å². The Morgan fingerprint density at radius 2 is 2.20 bits per heavy atom. The molecule has 1 unspecified atom stereocenters. The molecule has 0 aliphatic carbocycles. The predicted octanol–water partition coefficient (Wildman–Crippen LogP) is 2.86. The van der Waals surface area contributed by atoms with E-state index in [9.17, 15) is 0 Å². The molecule has 0 aliphatic heterocycles. The van der Waals surface area contributed by atoms with E-state index >= 15 is 0 Å². The van der Waals surface area contributed by atoms with Gasteiger partial charge in [-0.15, -0.1) is 0 Å². The minimum absolute atomic E-state index is 0.0898. The topological polar surface area (TPSA) is 66.5 Å². The van der Waals surface area contributed by atoms with Gasteiger partial charge in [0.25, 0.3) is 0 Å². The highest BCUT2D eigenvalue weighted by atomic mass is 35.5. The third-order valence-electron chi connectivity index (χ3n) is 3.24. The van der Waals surface area contributed by atoms with Gasteiger partial charge >= 0.3 is 0 Å². The molecule has 0 aliphatic rings. The zero-order valence-corrected chi connectivity index (χ0v) is 11.7. The number of hydrogen-bond acceptors (Lipinski definition) is 4. The number of halogens is 1. The molecule has 0 saturated heterocycles. The number of nitrogens with one attached hydrogen (secondary N) is 2. The number of nitrogens with zero attached hydrogens (tertiary/aromatic N) is 3. The van der Waals surface area contributed by atoms with Crippen molar-refractivity contribution in [2.75, 3.05) is 0 Å². The molecule has 0 bridgehead atoms. The normalized spacial score (nSPS) is 12.7. The van der Waals surface area contributed by atoms with Gasteiger partial charge in [-0.25, -0.2) is 4.98 Å². The van der Waals surface area contributed by atoms with Crippen LogP contribution in [0, 0.1) is 0 Å². The molecule has 0 radical (unpaired) electrons. The molecule has 0 spiro atoms. The lowest BCUT2D eigenvalue weighted by Gasteiger charge is -2.12. The van der Waals surface area contributed by atoms with Crippen molar-refractivity contribution in [3.8, 4) is 0 Å². The highest BCUT2D eigenvalue weighted by Crippen LogP contribution is 2.25. The van der Waals surface area contributed by atoms with E-state index in [1.54, 1.807) is 6.20 Å². The lowest BCUT2D eigenvalue weighted by Crippen LogP contribution is -2.19. The minimum atomic E-state index is 0.0898. The third-order valence-corrected chi connectivity index (χ3v) is 3.57. The molecule has 2 N–H and O–H groups in total. The Kier molecular flexibility index (Phi) is 3.62. The van der Waals surface area contributed by atoms with Gasteiger partial charge in [0.2, 0.25) is 0 Å². The summed E-state index contributed by atoms with van der Waals surface area (Å²) in [5.74, 6) is 0.816. The molecule has 1 aromatic carbocycles. The number of benzene rings is 1. The summed E-state index contributed by atoms with van der Waals surface area (Å²) in [6.07, 6.45) is 3.29. The van der Waals surface area contributed by atoms with Gasteiger partial charge in [-0.05, 0) is 30.7 Å². The molecule has 5 nitrogen and oxygen atoms in total. The average Bonchev–Trinajstić information content (AvgIpc) is 3.01. The van der Waals surface area contributed by atoms with Gasteiger partial charge in [-0.2, -0.15) is 5.10 Å². The standard InChI is InChI=1S/C14H14ClN5/c1-9(14-18-8-19-20-14)17-7-10-4-5-12(15)11-3-2-6-16-13(10)11/h2-6,8-9,17H,7H2,1H3,(H,18,19,20). The maximum atomic E-state index is 6.19. The Morgan fingerprint density at radius 3 is 3.00 bits per heavy atom. The Balaban J connectivity index is 1.83. The van der Waals surface area contributed by atoms with Crippen LogP contribution >= 0.6 is 11.6 Å². The molecule has 20 heavy (non-hydrogen) atoms. The van der Waals surface area contributed by atoms with Crippen molar-refractivity contribution < 1.29 is 0 Å². The summed E-state index contributed by atoms with van der Waals surface area (Å²) < 4.78 is 0. The first-order valence-electron chi connectivity index (χ1n) is 6.36. The first kappa shape index (κ1) is 13.0. The number of fused-ring (bicyclic) bond motifs is 1. The van der Waals surface area contributed by atoms with Crippen molar-refractivity contribution >= 4 is 22.5 Å². The number of rotatable bonds is 4. The summed E-state index contributed by atoms with van der Waals surface area (Å²) in [5, 5.41) is 11.8. The molecule has 6 heteroatoms. The van der Waals surface area contributed by atoms with Gasteiger partial charge in [0.15, 0.2) is 0 Å². The fourth-order valence-electron chi connectivity index (χ4n) is 2.12. The monoisotopic (exact) mass is 287 g/mol. The smallest absolute Gasteiger partial charge is 0.141 e. The maximum Gasteiger partial charge on any atom is 0.141 e. The van der Waals surface area contributed by atoms with Crippen LogP contribution < -0.4 is 5.32 Å². The molecule has 0 amide bonds. The zero-order valence-electron chi connectivity index (χ0n) is 11.0. The van der Waals surface area contributed by atoms with E-state index in [4.69, 9.17) is 11.6 Å². The second-order valence-corrected chi connectivity index (χ2v) is 4.99. The van der Waals surface area contributed by atoms with Crippen LogP contribution in [0.3, 0.4) is 0 Å². The summed E-state index contributed by atoms with van der Waals surface area (Å²) in [6, 6.07) is 7.86. The highest BCUT2D eigenvalue weighted by Gasteiger charge is 2.10. The zero-order chi connectivity index (χ0) is 13.9. The van der Waals surface area contributed by atoms with E-state index in [-0.39, 0.29) is 6.04 Å². The molecule has 0 saturated carbocycles. The quantitative estimate of drug-likeness (QED) is 0.774. The molecule has 2 aromatic heterocycles. The molecule has 3 aromatic rings. The van der Waals surface area contributed by atoms with Crippen LogP contribution in [0.15, 0.2) is 36.8 Å². The molecule has 0 fully saturated rings. The Hall–Kier alpha value is -1.98. The first-order chi connectivity index (χ1) is 9.75. The molecule has 2 heterocycles. The number of aromatic amines is 1. The van der Waals surface area contributed by atoms with Crippen molar-refractivity contribution in [1.82, 2.24) is 25.5 Å². The van der Waals surface area contributed by atoms with Crippen LogP contribution in [0.5, 0.6) is 0 Å². The molecule has 102 valence electrons. The number of H-pyrrole nitrogens is 1. The minimum Gasteiger partial charge on any atom is -0.303 e. The summed E-state index contributed by atoms with van der Waals surface area (Å²) in [4.78, 5) is 8.56. The lowest BCUT2D eigenvalue weighted by atomic mass is 10.1. The van der Waals surface area contributed by atoms with E-state index in [1.807, 2.05) is 31.2 Å². The van der Waals surface area contributed by atoms with Crippen LogP contribution in [-0.4, -0.2) is 20.2 Å². The maximum absolute atomic E-state index is 6.19. The van der Waals surface area contributed by atoms with Gasteiger partial charge in [-0.1, -0.05) is 17.7 Å². The van der Waals surface area contributed by atoms with Gasteiger partial charge in [0.1, 0.15) is 12.2 Å². The van der Waals surface area contributed by atoms with Crippen molar-refractivity contribution in [3.63, 3.8) is 0 Å².